The molecule has 2 aromatic heterocycles. The van der Waals surface area contributed by atoms with Crippen molar-refractivity contribution in [3.05, 3.63) is 70.9 Å². The fraction of sp³-hybridized carbons (Fsp3) is 0.240. The predicted octanol–water partition coefficient (Wildman–Crippen LogP) is 4.67. The van der Waals surface area contributed by atoms with E-state index in [4.69, 9.17) is 14.5 Å². The maximum absolute atomic E-state index is 12.7. The predicted molar refractivity (Wildman–Crippen MR) is 127 cm³/mol. The summed E-state index contributed by atoms with van der Waals surface area (Å²) in [6, 6.07) is 13.4. The normalized spacial score (nSPS) is 18.0. The molecule has 3 aromatic rings. The van der Waals surface area contributed by atoms with E-state index < -0.39 is 23.8 Å². The average Bonchev–Trinajstić information content (AvgIpc) is 3.34. The molecule has 1 aliphatic heterocycles. The number of methoxy groups -OCH3 is 2. The number of benzene rings is 1. The highest BCUT2D eigenvalue weighted by atomic mass is 32.1. The first-order valence-corrected chi connectivity index (χ1v) is 11.2. The lowest BCUT2D eigenvalue weighted by atomic mass is 9.75. The Bertz CT molecular complexity index is 1260. The monoisotopic (exact) mass is 461 g/mol. The van der Waals surface area contributed by atoms with E-state index in [9.17, 15) is 9.59 Å². The van der Waals surface area contributed by atoms with E-state index in [-0.39, 0.29) is 0 Å². The smallest absolute Gasteiger partial charge is 0.336 e. The largest absolute Gasteiger partial charge is 0.468 e. The molecule has 4 rings (SSSR count). The number of thiazole rings is 1. The fourth-order valence-electron chi connectivity index (χ4n) is 4.11. The zero-order valence-electron chi connectivity index (χ0n) is 18.7. The van der Waals surface area contributed by atoms with Crippen LogP contribution in [0.2, 0.25) is 0 Å². The van der Waals surface area contributed by atoms with Crippen LogP contribution < -0.4 is 0 Å². The Kier molecular flexibility index (Phi) is 6.46. The van der Waals surface area contributed by atoms with Crippen molar-refractivity contribution in [2.75, 3.05) is 14.2 Å². The summed E-state index contributed by atoms with van der Waals surface area (Å²) < 4.78 is 10.1. The van der Waals surface area contributed by atoms with Crippen molar-refractivity contribution < 1.29 is 19.1 Å². The average molecular weight is 462 g/mol. The Balaban J connectivity index is 1.79. The molecule has 3 heterocycles. The minimum atomic E-state index is -0.733. The van der Waals surface area contributed by atoms with Crippen LogP contribution in [0.25, 0.3) is 22.0 Å². The molecule has 2 atom stereocenters. The number of nitrogens with zero attached hydrogens (tertiary/aromatic N) is 3. The zero-order valence-corrected chi connectivity index (χ0v) is 19.6. The van der Waals surface area contributed by atoms with Gasteiger partial charge in [0.25, 0.3) is 0 Å². The van der Waals surface area contributed by atoms with Gasteiger partial charge in [-0.05, 0) is 37.6 Å². The summed E-state index contributed by atoms with van der Waals surface area (Å²) in [6.07, 6.45) is 1.73. The van der Waals surface area contributed by atoms with Crippen LogP contribution in [0.1, 0.15) is 25.3 Å². The van der Waals surface area contributed by atoms with E-state index in [1.54, 1.807) is 20.0 Å². The molecule has 0 radical (unpaired) electrons. The second kappa shape index (κ2) is 9.46. The van der Waals surface area contributed by atoms with Gasteiger partial charge in [0.05, 0.1) is 25.5 Å². The summed E-state index contributed by atoms with van der Waals surface area (Å²) in [6.45, 7) is 3.52. The summed E-state index contributed by atoms with van der Waals surface area (Å²) in [4.78, 5) is 39.0. The summed E-state index contributed by atoms with van der Waals surface area (Å²) in [5.74, 6) is -2.28. The molecule has 1 aliphatic rings. The third-order valence-corrected chi connectivity index (χ3v) is 6.50. The van der Waals surface area contributed by atoms with Crippen molar-refractivity contribution in [1.29, 1.82) is 0 Å². The van der Waals surface area contributed by atoms with Crippen molar-refractivity contribution in [2.45, 2.75) is 19.8 Å². The maximum Gasteiger partial charge on any atom is 0.336 e. The van der Waals surface area contributed by atoms with Crippen molar-refractivity contribution >= 4 is 29.0 Å². The van der Waals surface area contributed by atoms with Crippen molar-refractivity contribution in [1.82, 2.24) is 9.97 Å². The molecule has 8 heteroatoms. The van der Waals surface area contributed by atoms with Gasteiger partial charge in [-0.1, -0.05) is 24.3 Å². The van der Waals surface area contributed by atoms with Gasteiger partial charge < -0.3 is 9.47 Å². The molecular weight excluding hydrogens is 438 g/mol. The summed E-state index contributed by atoms with van der Waals surface area (Å²) in [5, 5.41) is 2.77. The van der Waals surface area contributed by atoms with Crippen molar-refractivity contribution in [3.63, 3.8) is 0 Å². The van der Waals surface area contributed by atoms with Crippen LogP contribution in [0.15, 0.2) is 70.3 Å². The van der Waals surface area contributed by atoms with Gasteiger partial charge in [0.1, 0.15) is 16.6 Å². The SMILES string of the molecule is COC(=O)C1=C(C)N=C(C)C(C(=O)OC)C1c1cccc(-c2nc(-c3ccccn3)cs2)c1. The van der Waals surface area contributed by atoms with Gasteiger partial charge in [0.2, 0.25) is 0 Å². The van der Waals surface area contributed by atoms with Crippen LogP contribution in [0.5, 0.6) is 0 Å². The van der Waals surface area contributed by atoms with Gasteiger partial charge >= 0.3 is 11.9 Å². The Hall–Kier alpha value is -3.65. The maximum atomic E-state index is 12.7. The van der Waals surface area contributed by atoms with E-state index in [1.165, 1.54) is 25.6 Å². The highest BCUT2D eigenvalue weighted by molar-refractivity contribution is 7.13. The third-order valence-electron chi connectivity index (χ3n) is 5.61. The Morgan fingerprint density at radius 1 is 1.00 bits per heavy atom. The van der Waals surface area contributed by atoms with E-state index in [0.29, 0.717) is 17.0 Å². The van der Waals surface area contributed by atoms with E-state index in [0.717, 1.165) is 27.5 Å². The molecular formula is C25H23N3O4S. The molecule has 33 heavy (non-hydrogen) atoms. The fourth-order valence-corrected chi connectivity index (χ4v) is 4.92. The minimum absolute atomic E-state index is 0.351. The topological polar surface area (TPSA) is 90.7 Å². The second-order valence-corrected chi connectivity index (χ2v) is 8.46. The van der Waals surface area contributed by atoms with Gasteiger partial charge in [-0.3, -0.25) is 14.8 Å². The highest BCUT2D eigenvalue weighted by Gasteiger charge is 2.42. The molecule has 0 amide bonds. The summed E-state index contributed by atoms with van der Waals surface area (Å²) in [7, 11) is 2.66. The zero-order chi connectivity index (χ0) is 23.5. The number of aliphatic imine (C=N–C) groups is 1. The van der Waals surface area contributed by atoms with E-state index in [2.05, 4.69) is 9.98 Å². The number of carbonyl (C=O) groups is 2. The minimum Gasteiger partial charge on any atom is -0.468 e. The third kappa shape index (κ3) is 4.34. The van der Waals surface area contributed by atoms with Crippen LogP contribution in [0.4, 0.5) is 0 Å². The molecule has 0 N–H and O–H groups in total. The molecule has 1 aromatic carbocycles. The Morgan fingerprint density at radius 3 is 2.52 bits per heavy atom. The quantitative estimate of drug-likeness (QED) is 0.513. The Morgan fingerprint density at radius 2 is 1.82 bits per heavy atom. The van der Waals surface area contributed by atoms with Crippen LogP contribution in [-0.2, 0) is 19.1 Å². The molecule has 2 unspecified atom stereocenters. The molecule has 7 nitrogen and oxygen atoms in total. The summed E-state index contributed by atoms with van der Waals surface area (Å²) in [5.41, 5.74) is 4.73. The van der Waals surface area contributed by atoms with Crippen molar-refractivity contribution in [3.8, 4) is 22.0 Å². The molecule has 0 fully saturated rings. The number of aromatic nitrogens is 2. The molecule has 0 aliphatic carbocycles. The van der Waals surface area contributed by atoms with Gasteiger partial charge in [0.15, 0.2) is 0 Å². The van der Waals surface area contributed by atoms with Crippen LogP contribution >= 0.6 is 11.3 Å². The first-order chi connectivity index (χ1) is 15.9. The van der Waals surface area contributed by atoms with Crippen molar-refractivity contribution in [2.24, 2.45) is 10.9 Å². The first kappa shape index (κ1) is 22.5. The molecule has 0 saturated carbocycles. The number of esters is 2. The molecule has 0 saturated heterocycles. The van der Waals surface area contributed by atoms with Crippen LogP contribution in [-0.4, -0.2) is 41.8 Å². The van der Waals surface area contributed by atoms with Gasteiger partial charge in [-0.25, -0.2) is 9.78 Å². The Labute approximate surface area is 195 Å². The lowest BCUT2D eigenvalue weighted by Gasteiger charge is -2.31. The first-order valence-electron chi connectivity index (χ1n) is 10.3. The lowest BCUT2D eigenvalue weighted by Crippen LogP contribution is -2.36. The molecule has 0 bridgehead atoms. The summed E-state index contributed by atoms with van der Waals surface area (Å²) >= 11 is 1.51. The number of allylic oxidation sites excluding steroid dienone is 1. The molecule has 0 spiro atoms. The van der Waals surface area contributed by atoms with Gasteiger partial charge in [-0.15, -0.1) is 11.3 Å². The number of pyridine rings is 1. The van der Waals surface area contributed by atoms with E-state index in [1.807, 2.05) is 47.8 Å². The lowest BCUT2D eigenvalue weighted by molar-refractivity contribution is -0.143. The van der Waals surface area contributed by atoms with Gasteiger partial charge in [0, 0.05) is 34.5 Å². The second-order valence-electron chi connectivity index (χ2n) is 7.60. The number of carbonyl (C=O) groups excluding carboxylic acids is 2. The standard InChI is InChI=1S/C25H23N3O4S/c1-14-20(24(29)31-3)22(21(15(2)27-14)25(30)32-4)16-8-7-9-17(12-16)23-28-19(13-33-23)18-10-5-6-11-26-18/h5-13,20,22H,1-4H3. The number of rotatable bonds is 5. The molecule has 168 valence electrons. The number of ether oxygens (including phenoxy) is 2. The van der Waals surface area contributed by atoms with E-state index >= 15 is 0 Å². The van der Waals surface area contributed by atoms with Gasteiger partial charge in [-0.2, -0.15) is 0 Å². The number of hydrogen-bond donors (Lipinski definition) is 0. The van der Waals surface area contributed by atoms with Crippen LogP contribution in [0.3, 0.4) is 0 Å². The van der Waals surface area contributed by atoms with Crippen LogP contribution in [0, 0.1) is 5.92 Å². The highest BCUT2D eigenvalue weighted by Crippen LogP contribution is 2.41. The number of hydrogen-bond acceptors (Lipinski definition) is 8.